The minimum absolute atomic E-state index is 0.0974. The third-order valence-corrected chi connectivity index (χ3v) is 5.27. The first-order valence-corrected chi connectivity index (χ1v) is 9.18. The Balaban J connectivity index is 1.66. The highest BCUT2D eigenvalue weighted by molar-refractivity contribution is 6.31. The first kappa shape index (κ1) is 17.5. The standard InChI is InChI=1S/C18H25ClFN3O/c1-2-22-10-4-5-13(11-22)21-18(24)23(14-8-9-14)12-15-16(19)6-3-7-17(15)20/h3,6-7,13-14H,2,4-5,8-12H2,1H3,(H,21,24)/t13-/m0/s1. The number of nitrogens with zero attached hydrogens (tertiary/aromatic N) is 2. The Morgan fingerprint density at radius 2 is 2.21 bits per heavy atom. The summed E-state index contributed by atoms with van der Waals surface area (Å²) in [6.07, 6.45) is 4.05. The average molecular weight is 354 g/mol. The van der Waals surface area contributed by atoms with Crippen LogP contribution in [0.2, 0.25) is 5.02 Å². The van der Waals surface area contributed by atoms with E-state index in [1.54, 1.807) is 17.0 Å². The van der Waals surface area contributed by atoms with Gasteiger partial charge in [-0.15, -0.1) is 0 Å². The quantitative estimate of drug-likeness (QED) is 0.877. The van der Waals surface area contributed by atoms with E-state index in [0.29, 0.717) is 10.6 Å². The zero-order valence-corrected chi connectivity index (χ0v) is 14.9. The van der Waals surface area contributed by atoms with Crippen LogP contribution >= 0.6 is 11.6 Å². The molecule has 1 N–H and O–H groups in total. The van der Waals surface area contributed by atoms with Gasteiger partial charge in [0.15, 0.2) is 0 Å². The Morgan fingerprint density at radius 3 is 2.88 bits per heavy atom. The van der Waals surface area contributed by atoms with E-state index in [1.807, 2.05) is 0 Å². The van der Waals surface area contributed by atoms with E-state index in [2.05, 4.69) is 17.1 Å². The summed E-state index contributed by atoms with van der Waals surface area (Å²) in [6, 6.07) is 4.92. The molecule has 1 aliphatic heterocycles. The number of hydrogen-bond acceptors (Lipinski definition) is 2. The van der Waals surface area contributed by atoms with E-state index in [-0.39, 0.29) is 30.5 Å². The van der Waals surface area contributed by atoms with E-state index in [0.717, 1.165) is 45.3 Å². The minimum atomic E-state index is -0.351. The van der Waals surface area contributed by atoms with Gasteiger partial charge in [-0.25, -0.2) is 9.18 Å². The van der Waals surface area contributed by atoms with Crippen molar-refractivity contribution in [2.45, 2.75) is 51.2 Å². The van der Waals surface area contributed by atoms with Gasteiger partial charge < -0.3 is 15.1 Å². The van der Waals surface area contributed by atoms with Crippen molar-refractivity contribution < 1.29 is 9.18 Å². The van der Waals surface area contributed by atoms with Crippen molar-refractivity contribution in [2.24, 2.45) is 0 Å². The Morgan fingerprint density at radius 1 is 1.42 bits per heavy atom. The summed E-state index contributed by atoms with van der Waals surface area (Å²) in [5.41, 5.74) is 0.403. The predicted octanol–water partition coefficient (Wildman–Crippen LogP) is 3.64. The SMILES string of the molecule is CCN1CCC[C@H](NC(=O)N(Cc2c(F)cccc2Cl)C2CC2)C1. The molecule has 0 bridgehead atoms. The van der Waals surface area contributed by atoms with Crippen molar-refractivity contribution in [1.29, 1.82) is 0 Å². The first-order valence-electron chi connectivity index (χ1n) is 8.81. The smallest absolute Gasteiger partial charge is 0.318 e. The summed E-state index contributed by atoms with van der Waals surface area (Å²) in [5, 5.41) is 3.52. The average Bonchev–Trinajstić information content (AvgIpc) is 3.39. The number of amides is 2. The van der Waals surface area contributed by atoms with Crippen LogP contribution < -0.4 is 5.32 Å². The number of carbonyl (C=O) groups excluding carboxylic acids is 1. The Hall–Kier alpha value is -1.33. The molecule has 4 nitrogen and oxygen atoms in total. The van der Waals surface area contributed by atoms with Crippen LogP contribution in [0.1, 0.15) is 38.2 Å². The third-order valence-electron chi connectivity index (χ3n) is 4.92. The monoisotopic (exact) mass is 353 g/mol. The van der Waals surface area contributed by atoms with Gasteiger partial charge in [-0.05, 0) is 50.9 Å². The lowest BCUT2D eigenvalue weighted by molar-refractivity contribution is 0.166. The number of rotatable bonds is 5. The van der Waals surface area contributed by atoms with Crippen LogP contribution in [0.25, 0.3) is 0 Å². The highest BCUT2D eigenvalue weighted by Gasteiger charge is 2.34. The van der Waals surface area contributed by atoms with Gasteiger partial charge in [-0.3, -0.25) is 0 Å². The number of urea groups is 1. The molecule has 1 saturated heterocycles. The second-order valence-electron chi connectivity index (χ2n) is 6.74. The second-order valence-corrected chi connectivity index (χ2v) is 7.15. The van der Waals surface area contributed by atoms with Crippen molar-refractivity contribution >= 4 is 17.6 Å². The maximum absolute atomic E-state index is 14.1. The lowest BCUT2D eigenvalue weighted by Gasteiger charge is -2.34. The van der Waals surface area contributed by atoms with E-state index >= 15 is 0 Å². The van der Waals surface area contributed by atoms with Crippen LogP contribution in [0.3, 0.4) is 0 Å². The molecule has 24 heavy (non-hydrogen) atoms. The van der Waals surface area contributed by atoms with Crippen LogP contribution in [0.5, 0.6) is 0 Å². The van der Waals surface area contributed by atoms with Crippen molar-refractivity contribution in [3.8, 4) is 0 Å². The van der Waals surface area contributed by atoms with Crippen LogP contribution in [-0.4, -0.2) is 47.5 Å². The Labute approximate surface area is 147 Å². The minimum Gasteiger partial charge on any atom is -0.334 e. The van der Waals surface area contributed by atoms with E-state index in [1.165, 1.54) is 6.07 Å². The molecule has 132 valence electrons. The molecule has 0 spiro atoms. The van der Waals surface area contributed by atoms with Crippen molar-refractivity contribution in [3.63, 3.8) is 0 Å². The molecule has 6 heteroatoms. The van der Waals surface area contributed by atoms with Crippen molar-refractivity contribution in [2.75, 3.05) is 19.6 Å². The second kappa shape index (κ2) is 7.70. The molecule has 1 aromatic carbocycles. The van der Waals surface area contributed by atoms with Gasteiger partial charge >= 0.3 is 6.03 Å². The highest BCUT2D eigenvalue weighted by Crippen LogP contribution is 2.31. The molecule has 1 heterocycles. The lowest BCUT2D eigenvalue weighted by Crippen LogP contribution is -2.51. The Kier molecular flexibility index (Phi) is 5.61. The molecule has 0 radical (unpaired) electrons. The summed E-state index contributed by atoms with van der Waals surface area (Å²) in [4.78, 5) is 16.8. The van der Waals surface area contributed by atoms with Gasteiger partial charge in [-0.1, -0.05) is 24.6 Å². The lowest BCUT2D eigenvalue weighted by atomic mass is 10.1. The van der Waals surface area contributed by atoms with Crippen LogP contribution in [-0.2, 0) is 6.54 Å². The topological polar surface area (TPSA) is 35.6 Å². The maximum Gasteiger partial charge on any atom is 0.318 e. The number of hydrogen-bond donors (Lipinski definition) is 1. The zero-order chi connectivity index (χ0) is 17.1. The fraction of sp³-hybridized carbons (Fsp3) is 0.611. The van der Waals surface area contributed by atoms with Crippen LogP contribution in [0.15, 0.2) is 18.2 Å². The largest absolute Gasteiger partial charge is 0.334 e. The zero-order valence-electron chi connectivity index (χ0n) is 14.1. The summed E-state index contributed by atoms with van der Waals surface area (Å²) in [5.74, 6) is -0.351. The van der Waals surface area contributed by atoms with Gasteiger partial charge in [-0.2, -0.15) is 0 Å². The van der Waals surface area contributed by atoms with Gasteiger partial charge in [0.25, 0.3) is 0 Å². The van der Waals surface area contributed by atoms with Crippen LogP contribution in [0.4, 0.5) is 9.18 Å². The summed E-state index contributed by atoms with van der Waals surface area (Å²) >= 11 is 6.13. The normalized spacial score (nSPS) is 21.5. The third kappa shape index (κ3) is 4.19. The Bertz CT molecular complexity index is 573. The maximum atomic E-state index is 14.1. The number of piperidine rings is 1. The fourth-order valence-corrected chi connectivity index (χ4v) is 3.55. The molecule has 0 aromatic heterocycles. The van der Waals surface area contributed by atoms with Gasteiger partial charge in [0.2, 0.25) is 0 Å². The summed E-state index contributed by atoms with van der Waals surface area (Å²) in [7, 11) is 0. The first-order chi connectivity index (χ1) is 11.6. The van der Waals surface area contributed by atoms with E-state index in [4.69, 9.17) is 11.6 Å². The molecule has 1 aliphatic carbocycles. The number of likely N-dealkylation sites (tertiary alicyclic amines) is 1. The number of nitrogens with one attached hydrogen (secondary N) is 1. The number of likely N-dealkylation sites (N-methyl/N-ethyl adjacent to an activating group) is 1. The molecule has 2 fully saturated rings. The van der Waals surface area contributed by atoms with Crippen LogP contribution in [0, 0.1) is 5.82 Å². The fourth-order valence-electron chi connectivity index (χ4n) is 3.32. The molecular formula is C18H25ClFN3O. The predicted molar refractivity (Wildman–Crippen MR) is 93.6 cm³/mol. The van der Waals surface area contributed by atoms with Crippen molar-refractivity contribution in [3.05, 3.63) is 34.6 Å². The highest BCUT2D eigenvalue weighted by atomic mass is 35.5. The van der Waals surface area contributed by atoms with Gasteiger partial charge in [0.05, 0.1) is 6.54 Å². The summed E-state index contributed by atoms with van der Waals surface area (Å²) < 4.78 is 14.1. The molecule has 0 unspecified atom stereocenters. The molecular weight excluding hydrogens is 329 g/mol. The van der Waals surface area contributed by atoms with Gasteiger partial charge in [0.1, 0.15) is 5.82 Å². The molecule has 1 aromatic rings. The molecule has 1 saturated carbocycles. The molecule has 3 rings (SSSR count). The molecule has 1 atom stereocenters. The molecule has 2 aliphatic rings. The molecule has 2 amide bonds. The van der Waals surface area contributed by atoms with Crippen molar-refractivity contribution in [1.82, 2.24) is 15.1 Å². The number of benzene rings is 1. The summed E-state index contributed by atoms with van der Waals surface area (Å²) in [6.45, 7) is 5.36. The number of halogens is 2. The van der Waals surface area contributed by atoms with E-state index < -0.39 is 0 Å². The van der Waals surface area contributed by atoms with Gasteiger partial charge in [0, 0.05) is 29.2 Å². The van der Waals surface area contributed by atoms with E-state index in [9.17, 15) is 9.18 Å². The number of carbonyl (C=O) groups is 1.